The standard InChI is InChI=1S/C14H11BrO4S/c1-19-12-6-13-8(4-10(12)15)5-14(20-13)11(18)3-2-9(17)7-16/h4-6,17H,2-3H2,1H3. The third-order valence-electron chi connectivity index (χ3n) is 2.77. The van der Waals surface area contributed by atoms with Gasteiger partial charge in [-0.1, -0.05) is 0 Å². The Morgan fingerprint density at radius 1 is 1.40 bits per heavy atom. The van der Waals surface area contributed by atoms with Gasteiger partial charge in [0, 0.05) is 17.5 Å². The second-order valence-corrected chi connectivity index (χ2v) is 6.05. The van der Waals surface area contributed by atoms with Crippen LogP contribution in [-0.2, 0) is 4.79 Å². The van der Waals surface area contributed by atoms with E-state index in [1.165, 1.54) is 17.3 Å². The van der Waals surface area contributed by atoms with Gasteiger partial charge in [0.2, 0.25) is 0 Å². The summed E-state index contributed by atoms with van der Waals surface area (Å²) in [5.41, 5.74) is 0. The molecule has 1 heterocycles. The van der Waals surface area contributed by atoms with Crippen LogP contribution in [0.2, 0.25) is 0 Å². The first-order valence-electron chi connectivity index (χ1n) is 5.78. The van der Waals surface area contributed by atoms with Crippen LogP contribution < -0.4 is 4.74 Å². The van der Waals surface area contributed by atoms with Crippen LogP contribution in [0.4, 0.5) is 0 Å². The highest BCUT2D eigenvalue weighted by Gasteiger charge is 2.13. The molecule has 20 heavy (non-hydrogen) atoms. The Hall–Kier alpha value is -1.62. The Bertz CT molecular complexity index is 713. The quantitative estimate of drug-likeness (QED) is 0.502. The highest BCUT2D eigenvalue weighted by Crippen LogP contribution is 2.35. The molecule has 0 amide bonds. The molecule has 0 unspecified atom stereocenters. The summed E-state index contributed by atoms with van der Waals surface area (Å²) < 4.78 is 6.98. The minimum atomic E-state index is -0.427. The molecule has 0 fully saturated rings. The highest BCUT2D eigenvalue weighted by atomic mass is 79.9. The lowest BCUT2D eigenvalue weighted by Gasteiger charge is -2.01. The maximum atomic E-state index is 12.0. The fraction of sp³-hybridized carbons (Fsp3) is 0.214. The lowest BCUT2D eigenvalue weighted by Crippen LogP contribution is -1.96. The van der Waals surface area contributed by atoms with E-state index in [-0.39, 0.29) is 18.6 Å². The minimum absolute atomic E-state index is 0.0175. The minimum Gasteiger partial charge on any atom is -0.502 e. The zero-order valence-electron chi connectivity index (χ0n) is 10.6. The van der Waals surface area contributed by atoms with Crippen molar-refractivity contribution >= 4 is 49.1 Å². The molecule has 0 aliphatic heterocycles. The number of ketones is 1. The molecule has 6 heteroatoms. The first-order chi connectivity index (χ1) is 9.55. The van der Waals surface area contributed by atoms with Gasteiger partial charge in [-0.15, -0.1) is 11.3 Å². The molecule has 1 aromatic carbocycles. The zero-order valence-corrected chi connectivity index (χ0v) is 13.0. The van der Waals surface area contributed by atoms with Gasteiger partial charge in [-0.2, -0.15) is 0 Å². The van der Waals surface area contributed by atoms with Crippen molar-refractivity contribution in [3.8, 4) is 5.75 Å². The van der Waals surface area contributed by atoms with E-state index in [2.05, 4.69) is 15.9 Å². The number of aliphatic hydroxyl groups is 1. The smallest absolute Gasteiger partial charge is 0.177 e. The number of rotatable bonds is 5. The lowest BCUT2D eigenvalue weighted by molar-refractivity contribution is 0.0983. The number of benzene rings is 1. The van der Waals surface area contributed by atoms with E-state index in [9.17, 15) is 9.59 Å². The van der Waals surface area contributed by atoms with Crippen molar-refractivity contribution in [3.05, 3.63) is 33.3 Å². The third kappa shape index (κ3) is 3.10. The number of fused-ring (bicyclic) bond motifs is 1. The molecular weight excluding hydrogens is 344 g/mol. The van der Waals surface area contributed by atoms with Gasteiger partial charge in [0.25, 0.3) is 0 Å². The van der Waals surface area contributed by atoms with Crippen molar-refractivity contribution in [1.29, 1.82) is 0 Å². The van der Waals surface area contributed by atoms with E-state index in [1.54, 1.807) is 13.2 Å². The Balaban J connectivity index is 2.27. The Morgan fingerprint density at radius 2 is 2.15 bits per heavy atom. The van der Waals surface area contributed by atoms with Gasteiger partial charge < -0.3 is 9.84 Å². The highest BCUT2D eigenvalue weighted by molar-refractivity contribution is 9.10. The summed E-state index contributed by atoms with van der Waals surface area (Å²) in [6.07, 6.45) is 0.107. The molecule has 2 aromatic rings. The number of carbonyl (C=O) groups excluding carboxylic acids is 2. The predicted octanol–water partition coefficient (Wildman–Crippen LogP) is 3.91. The third-order valence-corrected chi connectivity index (χ3v) is 4.53. The van der Waals surface area contributed by atoms with Gasteiger partial charge >= 0.3 is 0 Å². The molecule has 104 valence electrons. The fourth-order valence-corrected chi connectivity index (χ4v) is 3.30. The van der Waals surface area contributed by atoms with Gasteiger partial charge in [0.05, 0.1) is 16.5 Å². The molecule has 0 saturated carbocycles. The number of hydrogen-bond donors (Lipinski definition) is 1. The van der Waals surface area contributed by atoms with E-state index in [1.807, 2.05) is 12.1 Å². The van der Waals surface area contributed by atoms with E-state index in [0.29, 0.717) is 10.6 Å². The van der Waals surface area contributed by atoms with Gasteiger partial charge in [-0.3, -0.25) is 4.79 Å². The molecule has 2 rings (SSSR count). The van der Waals surface area contributed by atoms with Crippen molar-refractivity contribution in [2.45, 2.75) is 12.8 Å². The summed E-state index contributed by atoms with van der Waals surface area (Å²) in [5, 5.41) is 9.97. The Labute approximate surface area is 127 Å². The molecule has 0 saturated heterocycles. The average Bonchev–Trinajstić information content (AvgIpc) is 2.85. The summed E-state index contributed by atoms with van der Waals surface area (Å²) in [6, 6.07) is 5.56. The van der Waals surface area contributed by atoms with Crippen LogP contribution in [0.3, 0.4) is 0 Å². The van der Waals surface area contributed by atoms with Crippen molar-refractivity contribution in [2.75, 3.05) is 7.11 Å². The number of Topliss-reactive ketones (excluding diaryl/α,β-unsaturated/α-hetero) is 1. The maximum absolute atomic E-state index is 12.0. The van der Waals surface area contributed by atoms with Gasteiger partial charge in [0.1, 0.15) is 5.75 Å². The molecule has 0 aliphatic carbocycles. The summed E-state index contributed by atoms with van der Waals surface area (Å²) >= 11 is 4.76. The van der Waals surface area contributed by atoms with E-state index in [0.717, 1.165) is 14.6 Å². The van der Waals surface area contributed by atoms with Crippen LogP contribution in [0.5, 0.6) is 5.75 Å². The second-order valence-electron chi connectivity index (χ2n) is 4.11. The van der Waals surface area contributed by atoms with Gasteiger partial charge in [-0.25, -0.2) is 4.79 Å². The maximum Gasteiger partial charge on any atom is 0.177 e. The number of carbonyl (C=O) groups is 1. The number of aliphatic hydroxyl groups excluding tert-OH is 1. The second kappa shape index (κ2) is 6.22. The van der Waals surface area contributed by atoms with Gasteiger partial charge in [-0.05, 0) is 39.5 Å². The Morgan fingerprint density at radius 3 is 2.80 bits per heavy atom. The molecular formula is C14H11BrO4S. The predicted molar refractivity (Wildman–Crippen MR) is 81.5 cm³/mol. The topological polar surface area (TPSA) is 63.6 Å². The molecule has 1 N–H and O–H groups in total. The van der Waals surface area contributed by atoms with Crippen LogP contribution in [-0.4, -0.2) is 23.9 Å². The molecule has 0 spiro atoms. The first kappa shape index (κ1) is 14.8. The van der Waals surface area contributed by atoms with E-state index < -0.39 is 5.76 Å². The van der Waals surface area contributed by atoms with Crippen molar-refractivity contribution < 1.29 is 19.4 Å². The van der Waals surface area contributed by atoms with E-state index in [4.69, 9.17) is 9.84 Å². The first-order valence-corrected chi connectivity index (χ1v) is 7.39. The van der Waals surface area contributed by atoms with Crippen LogP contribution >= 0.6 is 27.3 Å². The summed E-state index contributed by atoms with van der Waals surface area (Å²) in [7, 11) is 1.58. The SMILES string of the molecule is COc1cc2sc(C(=O)CCC(O)=C=O)cc2cc1Br. The van der Waals surface area contributed by atoms with Crippen LogP contribution in [0, 0.1) is 0 Å². The summed E-state index contributed by atoms with van der Waals surface area (Å²) in [6.45, 7) is 0. The van der Waals surface area contributed by atoms with Crippen molar-refractivity contribution in [2.24, 2.45) is 0 Å². The Kier molecular flexibility index (Phi) is 4.60. The summed E-state index contributed by atoms with van der Waals surface area (Å²) in [5.74, 6) is 1.54. The molecule has 0 radical (unpaired) electrons. The molecule has 4 nitrogen and oxygen atoms in total. The molecule has 1 aromatic heterocycles. The molecule has 0 atom stereocenters. The van der Waals surface area contributed by atoms with Crippen LogP contribution in [0.15, 0.2) is 28.4 Å². The number of hydrogen-bond acceptors (Lipinski definition) is 5. The lowest BCUT2D eigenvalue weighted by atomic mass is 10.1. The van der Waals surface area contributed by atoms with Crippen molar-refractivity contribution in [3.63, 3.8) is 0 Å². The average molecular weight is 355 g/mol. The number of thiophene rings is 1. The molecule has 0 aliphatic rings. The number of ether oxygens (including phenoxy) is 1. The summed E-state index contributed by atoms with van der Waals surface area (Å²) in [4.78, 5) is 22.7. The van der Waals surface area contributed by atoms with Crippen molar-refractivity contribution in [1.82, 2.24) is 0 Å². The normalized spacial score (nSPS) is 10.3. The van der Waals surface area contributed by atoms with Crippen LogP contribution in [0.25, 0.3) is 10.1 Å². The number of allylic oxidation sites excluding steroid dienone is 1. The largest absolute Gasteiger partial charge is 0.502 e. The zero-order chi connectivity index (χ0) is 14.7. The molecule has 0 bridgehead atoms. The monoisotopic (exact) mass is 354 g/mol. The number of halogens is 1. The number of methoxy groups -OCH3 is 1. The van der Waals surface area contributed by atoms with Crippen LogP contribution in [0.1, 0.15) is 22.5 Å². The van der Waals surface area contributed by atoms with E-state index >= 15 is 0 Å². The fourth-order valence-electron chi connectivity index (χ4n) is 1.74. The van der Waals surface area contributed by atoms with Gasteiger partial charge in [0.15, 0.2) is 17.5 Å².